The van der Waals surface area contributed by atoms with Gasteiger partial charge in [-0.15, -0.1) is 0 Å². The van der Waals surface area contributed by atoms with Crippen molar-refractivity contribution in [1.29, 1.82) is 0 Å². The SMILES string of the molecule is CC(C)c1onc(C(=O)O)c1Cl. The summed E-state index contributed by atoms with van der Waals surface area (Å²) >= 11 is 5.68. The van der Waals surface area contributed by atoms with Crippen LogP contribution in [0.1, 0.15) is 36.0 Å². The number of nitrogens with zero attached hydrogens (tertiary/aromatic N) is 1. The minimum absolute atomic E-state index is 0.0399. The van der Waals surface area contributed by atoms with Gasteiger partial charge in [-0.2, -0.15) is 0 Å². The highest BCUT2D eigenvalue weighted by Gasteiger charge is 2.21. The smallest absolute Gasteiger partial charge is 0.359 e. The summed E-state index contributed by atoms with van der Waals surface area (Å²) < 4.78 is 4.76. The minimum Gasteiger partial charge on any atom is -0.476 e. The molecule has 0 aliphatic carbocycles. The lowest BCUT2D eigenvalue weighted by atomic mass is 10.1. The number of aromatic carboxylic acids is 1. The van der Waals surface area contributed by atoms with Crippen molar-refractivity contribution in [2.24, 2.45) is 0 Å². The third-order valence-corrected chi connectivity index (χ3v) is 1.75. The normalized spacial score (nSPS) is 10.7. The molecule has 12 heavy (non-hydrogen) atoms. The van der Waals surface area contributed by atoms with Crippen molar-refractivity contribution in [3.8, 4) is 0 Å². The van der Waals surface area contributed by atoms with Crippen molar-refractivity contribution < 1.29 is 14.4 Å². The Labute approximate surface area is 74.1 Å². The van der Waals surface area contributed by atoms with Gasteiger partial charge in [0.05, 0.1) is 0 Å². The largest absolute Gasteiger partial charge is 0.476 e. The van der Waals surface area contributed by atoms with E-state index in [2.05, 4.69) is 5.16 Å². The maximum Gasteiger partial charge on any atom is 0.359 e. The summed E-state index contributed by atoms with van der Waals surface area (Å²) in [4.78, 5) is 10.5. The Hall–Kier alpha value is -1.03. The molecule has 0 aromatic carbocycles. The first-order valence-electron chi connectivity index (χ1n) is 3.42. The van der Waals surface area contributed by atoms with Crippen LogP contribution in [-0.2, 0) is 0 Å². The number of carboxylic acid groups (broad SMARTS) is 1. The molecule has 0 aliphatic heterocycles. The van der Waals surface area contributed by atoms with Gasteiger partial charge in [0.1, 0.15) is 5.02 Å². The van der Waals surface area contributed by atoms with E-state index in [0.29, 0.717) is 5.76 Å². The number of halogens is 1. The van der Waals surface area contributed by atoms with Gasteiger partial charge >= 0.3 is 5.97 Å². The summed E-state index contributed by atoms with van der Waals surface area (Å²) in [7, 11) is 0. The Morgan fingerprint density at radius 3 is 2.50 bits per heavy atom. The molecule has 1 heterocycles. The van der Waals surface area contributed by atoms with Gasteiger partial charge in [0.2, 0.25) is 5.69 Å². The Balaban J connectivity index is 3.13. The Bertz CT molecular complexity index is 306. The molecule has 0 fully saturated rings. The quantitative estimate of drug-likeness (QED) is 0.774. The fourth-order valence-corrected chi connectivity index (χ4v) is 1.15. The molecule has 1 N–H and O–H groups in total. The molecule has 0 bridgehead atoms. The number of carboxylic acids is 1. The van der Waals surface area contributed by atoms with E-state index in [1.165, 1.54) is 0 Å². The number of hydrogen-bond donors (Lipinski definition) is 1. The lowest BCUT2D eigenvalue weighted by molar-refractivity contribution is 0.0686. The number of hydrogen-bond acceptors (Lipinski definition) is 3. The number of aromatic nitrogens is 1. The molecule has 5 heteroatoms. The average Bonchev–Trinajstić information content (AvgIpc) is 2.30. The van der Waals surface area contributed by atoms with Crippen molar-refractivity contribution in [3.05, 3.63) is 16.5 Å². The summed E-state index contributed by atoms with van der Waals surface area (Å²) in [5.74, 6) is -0.720. The van der Waals surface area contributed by atoms with Crippen LogP contribution >= 0.6 is 11.6 Å². The van der Waals surface area contributed by atoms with Gasteiger partial charge < -0.3 is 9.63 Å². The number of rotatable bonds is 2. The maximum absolute atomic E-state index is 10.5. The van der Waals surface area contributed by atoms with E-state index in [0.717, 1.165) is 0 Å². The Kier molecular flexibility index (Phi) is 2.38. The molecular formula is C7H8ClNO3. The first kappa shape index (κ1) is 9.06. The first-order chi connectivity index (χ1) is 5.54. The van der Waals surface area contributed by atoms with Crippen LogP contribution < -0.4 is 0 Å². The van der Waals surface area contributed by atoms with Gasteiger partial charge in [-0.3, -0.25) is 0 Å². The van der Waals surface area contributed by atoms with E-state index in [4.69, 9.17) is 21.2 Å². The molecule has 0 amide bonds. The standard InChI is InChI=1S/C7H8ClNO3/c1-3(2)6-4(8)5(7(10)11)9-12-6/h3H,1-2H3,(H,10,11). The van der Waals surface area contributed by atoms with Crippen LogP contribution in [0, 0.1) is 0 Å². The van der Waals surface area contributed by atoms with Crippen molar-refractivity contribution in [1.82, 2.24) is 5.16 Å². The molecule has 1 aromatic rings. The molecule has 1 aromatic heterocycles. The zero-order valence-corrected chi connectivity index (χ0v) is 7.42. The van der Waals surface area contributed by atoms with E-state index < -0.39 is 5.97 Å². The highest BCUT2D eigenvalue weighted by atomic mass is 35.5. The summed E-state index contributed by atoms with van der Waals surface area (Å²) in [5, 5.41) is 12.0. The summed E-state index contributed by atoms with van der Waals surface area (Å²) in [6.07, 6.45) is 0. The van der Waals surface area contributed by atoms with Gasteiger partial charge in [0, 0.05) is 5.92 Å². The van der Waals surface area contributed by atoms with Crippen LogP contribution in [0.15, 0.2) is 4.52 Å². The molecule has 1 rings (SSSR count). The molecule has 0 spiro atoms. The van der Waals surface area contributed by atoms with E-state index >= 15 is 0 Å². The number of carbonyl (C=O) groups is 1. The summed E-state index contributed by atoms with van der Waals surface area (Å²) in [5.41, 5.74) is -0.222. The zero-order valence-electron chi connectivity index (χ0n) is 6.67. The minimum atomic E-state index is -1.17. The maximum atomic E-state index is 10.5. The van der Waals surface area contributed by atoms with Gasteiger partial charge in [-0.05, 0) is 0 Å². The van der Waals surface area contributed by atoms with Crippen LogP contribution in [0.25, 0.3) is 0 Å². The van der Waals surface area contributed by atoms with Crippen LogP contribution in [0.3, 0.4) is 0 Å². The third-order valence-electron chi connectivity index (χ3n) is 1.39. The topological polar surface area (TPSA) is 63.3 Å². The van der Waals surface area contributed by atoms with Crippen molar-refractivity contribution in [3.63, 3.8) is 0 Å². The predicted octanol–water partition coefficient (Wildman–Crippen LogP) is 2.15. The van der Waals surface area contributed by atoms with Crippen molar-refractivity contribution in [2.75, 3.05) is 0 Å². The molecular weight excluding hydrogens is 182 g/mol. The van der Waals surface area contributed by atoms with Crippen LogP contribution in [0.5, 0.6) is 0 Å². The Morgan fingerprint density at radius 1 is 1.67 bits per heavy atom. The van der Waals surface area contributed by atoms with E-state index in [9.17, 15) is 4.79 Å². The average molecular weight is 190 g/mol. The second kappa shape index (κ2) is 3.15. The molecule has 0 aliphatic rings. The molecule has 0 unspecified atom stereocenters. The fourth-order valence-electron chi connectivity index (χ4n) is 0.783. The molecule has 4 nitrogen and oxygen atoms in total. The van der Waals surface area contributed by atoms with E-state index in [-0.39, 0.29) is 16.6 Å². The molecule has 66 valence electrons. The highest BCUT2D eigenvalue weighted by molar-refractivity contribution is 6.33. The van der Waals surface area contributed by atoms with Gasteiger partial charge in [-0.25, -0.2) is 4.79 Å². The molecule has 0 saturated heterocycles. The fraction of sp³-hybridized carbons (Fsp3) is 0.429. The summed E-state index contributed by atoms with van der Waals surface area (Å²) in [6.45, 7) is 3.69. The summed E-state index contributed by atoms with van der Waals surface area (Å²) in [6, 6.07) is 0. The second-order valence-electron chi connectivity index (χ2n) is 2.67. The van der Waals surface area contributed by atoms with Gasteiger partial charge in [0.25, 0.3) is 0 Å². The van der Waals surface area contributed by atoms with E-state index in [1.807, 2.05) is 13.8 Å². The van der Waals surface area contributed by atoms with Crippen molar-refractivity contribution in [2.45, 2.75) is 19.8 Å². The molecule has 0 radical (unpaired) electrons. The van der Waals surface area contributed by atoms with Gasteiger partial charge in [0.15, 0.2) is 5.76 Å². The monoisotopic (exact) mass is 189 g/mol. The highest BCUT2D eigenvalue weighted by Crippen LogP contribution is 2.26. The lowest BCUT2D eigenvalue weighted by Crippen LogP contribution is -1.96. The second-order valence-corrected chi connectivity index (χ2v) is 3.05. The van der Waals surface area contributed by atoms with Gasteiger partial charge in [-0.1, -0.05) is 30.6 Å². The Morgan fingerprint density at radius 2 is 2.25 bits per heavy atom. The van der Waals surface area contributed by atoms with Crippen LogP contribution in [-0.4, -0.2) is 16.2 Å². The zero-order chi connectivity index (χ0) is 9.30. The predicted molar refractivity (Wildman–Crippen MR) is 42.6 cm³/mol. The third kappa shape index (κ3) is 1.43. The lowest BCUT2D eigenvalue weighted by Gasteiger charge is -1.96. The van der Waals surface area contributed by atoms with Crippen LogP contribution in [0.4, 0.5) is 0 Å². The molecule has 0 atom stereocenters. The van der Waals surface area contributed by atoms with Crippen molar-refractivity contribution >= 4 is 17.6 Å². The first-order valence-corrected chi connectivity index (χ1v) is 3.80. The molecule has 0 saturated carbocycles. The van der Waals surface area contributed by atoms with E-state index in [1.54, 1.807) is 0 Å². The van der Waals surface area contributed by atoms with Crippen LogP contribution in [0.2, 0.25) is 5.02 Å².